The molecule has 1 rings (SSSR count). The summed E-state index contributed by atoms with van der Waals surface area (Å²) in [6.07, 6.45) is 3.24. The Morgan fingerprint density at radius 1 is 1.39 bits per heavy atom. The predicted molar refractivity (Wildman–Crippen MR) is 78.1 cm³/mol. The minimum absolute atomic E-state index is 0.345. The standard InChI is InChI=1S/C16H25NO/c1-5-12-17-15(11-10-13(2)3)14-8-6-7-9-16(14)18-4/h6-9,15,17H,2,5,10-12H2,1,3-4H3. The zero-order valence-electron chi connectivity index (χ0n) is 11.8. The molecule has 2 heteroatoms. The molecular weight excluding hydrogens is 222 g/mol. The Labute approximate surface area is 111 Å². The van der Waals surface area contributed by atoms with Gasteiger partial charge in [-0.25, -0.2) is 0 Å². The van der Waals surface area contributed by atoms with Crippen molar-refractivity contribution in [2.75, 3.05) is 13.7 Å². The van der Waals surface area contributed by atoms with Gasteiger partial charge >= 0.3 is 0 Å². The number of nitrogens with one attached hydrogen (secondary N) is 1. The summed E-state index contributed by atoms with van der Waals surface area (Å²) in [5, 5.41) is 3.59. The highest BCUT2D eigenvalue weighted by molar-refractivity contribution is 5.35. The first-order chi connectivity index (χ1) is 8.69. The van der Waals surface area contributed by atoms with Crippen LogP contribution in [0.15, 0.2) is 36.4 Å². The van der Waals surface area contributed by atoms with E-state index in [1.165, 1.54) is 11.1 Å². The average molecular weight is 247 g/mol. The third-order valence-electron chi connectivity index (χ3n) is 3.01. The first-order valence-electron chi connectivity index (χ1n) is 6.69. The van der Waals surface area contributed by atoms with Gasteiger partial charge in [-0.15, -0.1) is 6.58 Å². The van der Waals surface area contributed by atoms with E-state index in [2.05, 4.69) is 37.9 Å². The normalized spacial score (nSPS) is 12.2. The van der Waals surface area contributed by atoms with Gasteiger partial charge in [-0.05, 0) is 38.8 Å². The third-order valence-corrected chi connectivity index (χ3v) is 3.01. The van der Waals surface area contributed by atoms with E-state index in [1.807, 2.05) is 12.1 Å². The van der Waals surface area contributed by atoms with Gasteiger partial charge in [-0.1, -0.05) is 30.7 Å². The van der Waals surface area contributed by atoms with Crippen molar-refractivity contribution >= 4 is 0 Å². The van der Waals surface area contributed by atoms with Gasteiger partial charge in [0.15, 0.2) is 0 Å². The van der Waals surface area contributed by atoms with Gasteiger partial charge < -0.3 is 10.1 Å². The van der Waals surface area contributed by atoms with Crippen molar-refractivity contribution in [2.24, 2.45) is 0 Å². The number of methoxy groups -OCH3 is 1. The molecule has 0 amide bonds. The molecule has 1 aromatic rings. The highest BCUT2D eigenvalue weighted by atomic mass is 16.5. The molecule has 0 aliphatic heterocycles. The van der Waals surface area contributed by atoms with Crippen molar-refractivity contribution in [2.45, 2.75) is 39.2 Å². The van der Waals surface area contributed by atoms with Crippen LogP contribution in [0.25, 0.3) is 0 Å². The molecule has 0 bridgehead atoms. The maximum absolute atomic E-state index is 5.45. The number of para-hydroxylation sites is 1. The first-order valence-corrected chi connectivity index (χ1v) is 6.69. The Balaban J connectivity index is 2.82. The number of benzene rings is 1. The Kier molecular flexibility index (Phi) is 6.51. The molecule has 0 spiro atoms. The monoisotopic (exact) mass is 247 g/mol. The summed E-state index contributed by atoms with van der Waals surface area (Å²) in [6, 6.07) is 8.59. The van der Waals surface area contributed by atoms with Crippen LogP contribution < -0.4 is 10.1 Å². The van der Waals surface area contributed by atoms with Gasteiger partial charge in [0.2, 0.25) is 0 Å². The molecule has 2 nitrogen and oxygen atoms in total. The summed E-state index contributed by atoms with van der Waals surface area (Å²) in [6.45, 7) is 9.28. The molecule has 0 aliphatic rings. The second-order valence-electron chi connectivity index (χ2n) is 4.74. The van der Waals surface area contributed by atoms with Crippen LogP contribution in [0.5, 0.6) is 5.75 Å². The van der Waals surface area contributed by atoms with E-state index >= 15 is 0 Å². The highest BCUT2D eigenvalue weighted by Crippen LogP contribution is 2.28. The summed E-state index contributed by atoms with van der Waals surface area (Å²) in [5.41, 5.74) is 2.47. The largest absolute Gasteiger partial charge is 0.496 e. The van der Waals surface area contributed by atoms with Crippen LogP contribution in [0.1, 0.15) is 44.7 Å². The van der Waals surface area contributed by atoms with Crippen LogP contribution in [0, 0.1) is 0 Å². The Bertz CT molecular complexity index is 373. The Morgan fingerprint density at radius 2 is 2.11 bits per heavy atom. The van der Waals surface area contributed by atoms with E-state index < -0.39 is 0 Å². The molecule has 1 N–H and O–H groups in total. The van der Waals surface area contributed by atoms with Crippen LogP contribution in [0.2, 0.25) is 0 Å². The molecule has 0 saturated carbocycles. The summed E-state index contributed by atoms with van der Waals surface area (Å²) in [7, 11) is 1.73. The zero-order valence-corrected chi connectivity index (χ0v) is 11.8. The second kappa shape index (κ2) is 7.93. The smallest absolute Gasteiger partial charge is 0.123 e. The maximum atomic E-state index is 5.45. The lowest BCUT2D eigenvalue weighted by Gasteiger charge is -2.21. The first kappa shape index (κ1) is 14.8. The lowest BCUT2D eigenvalue weighted by atomic mass is 9.99. The molecular formula is C16H25NO. The molecule has 0 fully saturated rings. The van der Waals surface area contributed by atoms with Crippen LogP contribution in [0.4, 0.5) is 0 Å². The van der Waals surface area contributed by atoms with E-state index in [9.17, 15) is 0 Å². The number of hydrogen-bond acceptors (Lipinski definition) is 2. The summed E-state index contributed by atoms with van der Waals surface area (Å²) in [4.78, 5) is 0. The van der Waals surface area contributed by atoms with Crippen molar-refractivity contribution in [1.82, 2.24) is 5.32 Å². The lowest BCUT2D eigenvalue weighted by molar-refractivity contribution is 0.394. The predicted octanol–water partition coefficient (Wildman–Crippen LogP) is 4.09. The van der Waals surface area contributed by atoms with Crippen molar-refractivity contribution in [3.8, 4) is 5.75 Å². The van der Waals surface area contributed by atoms with Gasteiger partial charge in [-0.3, -0.25) is 0 Å². The quantitative estimate of drug-likeness (QED) is 0.699. The minimum atomic E-state index is 0.345. The SMILES string of the molecule is C=C(C)CCC(NCCC)c1ccccc1OC. The third kappa shape index (κ3) is 4.53. The van der Waals surface area contributed by atoms with Gasteiger partial charge in [0.25, 0.3) is 0 Å². The molecule has 0 saturated heterocycles. The Morgan fingerprint density at radius 3 is 2.72 bits per heavy atom. The number of hydrogen-bond donors (Lipinski definition) is 1. The molecule has 0 aromatic heterocycles. The fourth-order valence-electron chi connectivity index (χ4n) is 2.03. The number of rotatable bonds is 8. The highest BCUT2D eigenvalue weighted by Gasteiger charge is 2.14. The lowest BCUT2D eigenvalue weighted by Crippen LogP contribution is -2.22. The molecule has 100 valence electrons. The maximum Gasteiger partial charge on any atom is 0.123 e. The molecule has 0 radical (unpaired) electrons. The number of allylic oxidation sites excluding steroid dienone is 1. The Hall–Kier alpha value is -1.28. The van der Waals surface area contributed by atoms with E-state index in [1.54, 1.807) is 7.11 Å². The van der Waals surface area contributed by atoms with E-state index in [0.29, 0.717) is 6.04 Å². The molecule has 1 aromatic carbocycles. The summed E-state index contributed by atoms with van der Waals surface area (Å²) >= 11 is 0. The van der Waals surface area contributed by atoms with Crippen LogP contribution in [-0.4, -0.2) is 13.7 Å². The van der Waals surface area contributed by atoms with E-state index in [4.69, 9.17) is 4.74 Å². The second-order valence-corrected chi connectivity index (χ2v) is 4.74. The van der Waals surface area contributed by atoms with Crippen molar-refractivity contribution in [3.63, 3.8) is 0 Å². The molecule has 0 aliphatic carbocycles. The molecule has 1 unspecified atom stereocenters. The zero-order chi connectivity index (χ0) is 13.4. The van der Waals surface area contributed by atoms with Crippen molar-refractivity contribution in [3.05, 3.63) is 42.0 Å². The van der Waals surface area contributed by atoms with E-state index in [-0.39, 0.29) is 0 Å². The molecule has 0 heterocycles. The van der Waals surface area contributed by atoms with Gasteiger partial charge in [-0.2, -0.15) is 0 Å². The fraction of sp³-hybridized carbons (Fsp3) is 0.500. The van der Waals surface area contributed by atoms with Crippen molar-refractivity contribution in [1.29, 1.82) is 0 Å². The van der Waals surface area contributed by atoms with Crippen LogP contribution in [0.3, 0.4) is 0 Å². The fourth-order valence-corrected chi connectivity index (χ4v) is 2.03. The van der Waals surface area contributed by atoms with Gasteiger partial charge in [0.1, 0.15) is 5.75 Å². The van der Waals surface area contributed by atoms with Gasteiger partial charge in [0.05, 0.1) is 7.11 Å². The minimum Gasteiger partial charge on any atom is -0.496 e. The average Bonchev–Trinajstić information content (AvgIpc) is 2.38. The van der Waals surface area contributed by atoms with Gasteiger partial charge in [0, 0.05) is 11.6 Å². The topological polar surface area (TPSA) is 21.3 Å². The van der Waals surface area contributed by atoms with E-state index in [0.717, 1.165) is 31.6 Å². The van der Waals surface area contributed by atoms with Crippen LogP contribution >= 0.6 is 0 Å². The van der Waals surface area contributed by atoms with Crippen LogP contribution in [-0.2, 0) is 0 Å². The molecule has 1 atom stereocenters. The summed E-state index contributed by atoms with van der Waals surface area (Å²) in [5.74, 6) is 0.966. The van der Waals surface area contributed by atoms with Crippen molar-refractivity contribution < 1.29 is 4.74 Å². The molecule has 18 heavy (non-hydrogen) atoms. The number of ether oxygens (including phenoxy) is 1. The summed E-state index contributed by atoms with van der Waals surface area (Å²) < 4.78 is 5.45.